The van der Waals surface area contributed by atoms with Gasteiger partial charge in [-0.05, 0) is 42.0 Å². The van der Waals surface area contributed by atoms with Crippen LogP contribution in [0.2, 0.25) is 0 Å². The van der Waals surface area contributed by atoms with Crippen LogP contribution in [0.3, 0.4) is 0 Å². The van der Waals surface area contributed by atoms with Crippen molar-refractivity contribution in [3.8, 4) is 0 Å². The van der Waals surface area contributed by atoms with E-state index in [0.29, 0.717) is 25.1 Å². The largest absolute Gasteiger partial charge is 0.341 e. The van der Waals surface area contributed by atoms with Crippen LogP contribution in [0.25, 0.3) is 0 Å². The monoisotopic (exact) mass is 374 g/mol. The summed E-state index contributed by atoms with van der Waals surface area (Å²) >= 11 is 0. The second-order valence-corrected chi connectivity index (χ2v) is 7.21. The molecule has 1 saturated heterocycles. The van der Waals surface area contributed by atoms with Crippen LogP contribution in [0.5, 0.6) is 0 Å². The lowest BCUT2D eigenvalue weighted by atomic mass is 9.75. The summed E-state index contributed by atoms with van der Waals surface area (Å²) in [5.74, 6) is -0.0489. The van der Waals surface area contributed by atoms with E-state index in [4.69, 9.17) is 0 Å². The third-order valence-electron chi connectivity index (χ3n) is 5.57. The Labute approximate surface area is 160 Å². The fraction of sp³-hybridized carbons (Fsp3) is 0.381. The summed E-state index contributed by atoms with van der Waals surface area (Å²) in [5.41, 5.74) is 2.81. The molecule has 1 amide bonds. The van der Waals surface area contributed by atoms with Crippen molar-refractivity contribution in [2.24, 2.45) is 5.41 Å². The van der Waals surface area contributed by atoms with E-state index in [1.807, 2.05) is 11.0 Å². The number of nitrogens with zero attached hydrogens (tertiary/aromatic N) is 1. The van der Waals surface area contributed by atoms with Gasteiger partial charge >= 0.3 is 0 Å². The predicted molar refractivity (Wildman–Crippen MR) is 103 cm³/mol. The summed E-state index contributed by atoms with van der Waals surface area (Å²) in [6, 6.07) is 15.2. The molecule has 1 N–H and O–H groups in total. The molecule has 0 saturated carbocycles. The van der Waals surface area contributed by atoms with Crippen LogP contribution in [0.1, 0.15) is 16.7 Å². The van der Waals surface area contributed by atoms with Crippen molar-refractivity contribution in [1.29, 1.82) is 0 Å². The minimum Gasteiger partial charge on any atom is -0.341 e. The van der Waals surface area contributed by atoms with Gasteiger partial charge in [-0.2, -0.15) is 0 Å². The van der Waals surface area contributed by atoms with Crippen LogP contribution < -0.4 is 5.32 Å². The molecule has 0 unspecified atom stereocenters. The number of hydrogen-bond acceptors (Lipinski definition) is 2. The van der Waals surface area contributed by atoms with Crippen molar-refractivity contribution in [1.82, 2.24) is 10.2 Å². The van der Waals surface area contributed by atoms with Crippen LogP contribution in [-0.4, -0.2) is 37.0 Å². The molecular weight excluding hydrogens is 351 g/mol. The first-order valence-electron chi connectivity index (χ1n) is 8.98. The normalized spacial score (nSPS) is 18.1. The van der Waals surface area contributed by atoms with Gasteiger partial charge in [0.05, 0.1) is 5.41 Å². The second-order valence-electron chi connectivity index (χ2n) is 7.21. The predicted octanol–water partition coefficient (Wildman–Crippen LogP) is 3.01. The first-order chi connectivity index (χ1) is 12.2. The SMILES string of the molecule is Cl.O=C(N1CCc2ccccc2CC1)C1(Cc2ccccc2F)CNC1. The number of nitrogens with one attached hydrogen (secondary N) is 1. The number of rotatable bonds is 3. The summed E-state index contributed by atoms with van der Waals surface area (Å²) in [6.07, 6.45) is 2.26. The molecule has 2 heterocycles. The number of halogens is 2. The molecule has 0 radical (unpaired) electrons. The molecule has 0 spiro atoms. The maximum Gasteiger partial charge on any atom is 0.231 e. The highest BCUT2D eigenvalue weighted by atomic mass is 35.5. The van der Waals surface area contributed by atoms with Gasteiger partial charge < -0.3 is 10.2 Å². The van der Waals surface area contributed by atoms with Gasteiger partial charge in [-0.1, -0.05) is 42.5 Å². The van der Waals surface area contributed by atoms with Crippen molar-refractivity contribution in [3.63, 3.8) is 0 Å². The zero-order chi connectivity index (χ0) is 17.3. The molecule has 26 heavy (non-hydrogen) atoms. The molecule has 5 heteroatoms. The standard InChI is InChI=1S/C21H23FN2O.ClH/c22-19-8-4-3-7-18(19)13-21(14-23-15-21)20(25)24-11-9-16-5-1-2-6-17(16)10-12-24;/h1-8,23H,9-15H2;1H. The summed E-state index contributed by atoms with van der Waals surface area (Å²) in [7, 11) is 0. The van der Waals surface area contributed by atoms with E-state index in [1.165, 1.54) is 17.2 Å². The first-order valence-corrected chi connectivity index (χ1v) is 8.98. The zero-order valence-electron chi connectivity index (χ0n) is 14.7. The van der Waals surface area contributed by atoms with Crippen molar-refractivity contribution >= 4 is 18.3 Å². The lowest BCUT2D eigenvalue weighted by Crippen LogP contribution is -2.63. The molecule has 2 aromatic rings. The molecule has 0 bridgehead atoms. The maximum absolute atomic E-state index is 14.1. The molecule has 0 aliphatic carbocycles. The summed E-state index contributed by atoms with van der Waals surface area (Å²) in [6.45, 7) is 2.75. The fourth-order valence-corrected chi connectivity index (χ4v) is 3.99. The number of fused-ring (bicyclic) bond motifs is 1. The van der Waals surface area contributed by atoms with E-state index < -0.39 is 5.41 Å². The number of carbonyl (C=O) groups excluding carboxylic acids is 1. The lowest BCUT2D eigenvalue weighted by molar-refractivity contribution is -0.145. The molecule has 2 aliphatic heterocycles. The van der Waals surface area contributed by atoms with Crippen molar-refractivity contribution in [2.75, 3.05) is 26.2 Å². The first kappa shape index (κ1) is 18.9. The van der Waals surface area contributed by atoms with Crippen molar-refractivity contribution in [3.05, 3.63) is 71.0 Å². The Bertz CT molecular complexity index is 764. The molecule has 0 aromatic heterocycles. The number of carbonyl (C=O) groups is 1. The Morgan fingerprint density at radius 2 is 1.58 bits per heavy atom. The van der Waals surface area contributed by atoms with Crippen molar-refractivity contribution < 1.29 is 9.18 Å². The van der Waals surface area contributed by atoms with Gasteiger partial charge in [-0.25, -0.2) is 4.39 Å². The van der Waals surface area contributed by atoms with Gasteiger partial charge in [0.15, 0.2) is 0 Å². The maximum atomic E-state index is 14.1. The van der Waals surface area contributed by atoms with Gasteiger partial charge in [-0.3, -0.25) is 4.79 Å². The average molecular weight is 375 g/mol. The summed E-state index contributed by atoms with van der Waals surface area (Å²) < 4.78 is 14.1. The van der Waals surface area contributed by atoms with Crippen LogP contribution in [-0.2, 0) is 24.1 Å². The molecule has 138 valence electrons. The zero-order valence-corrected chi connectivity index (χ0v) is 15.5. The molecule has 0 atom stereocenters. The van der Waals surface area contributed by atoms with Gasteiger partial charge in [0.25, 0.3) is 0 Å². The van der Waals surface area contributed by atoms with Gasteiger partial charge in [0.1, 0.15) is 5.82 Å². The number of benzene rings is 2. The van der Waals surface area contributed by atoms with E-state index in [2.05, 4.69) is 29.6 Å². The van der Waals surface area contributed by atoms with Crippen LogP contribution in [0.4, 0.5) is 4.39 Å². The molecule has 2 aliphatic rings. The van der Waals surface area contributed by atoms with Crippen LogP contribution >= 0.6 is 12.4 Å². The molecule has 4 rings (SSSR count). The van der Waals surface area contributed by atoms with E-state index in [0.717, 1.165) is 25.9 Å². The van der Waals surface area contributed by atoms with E-state index in [-0.39, 0.29) is 24.1 Å². The lowest BCUT2D eigenvalue weighted by Gasteiger charge is -2.44. The third-order valence-corrected chi connectivity index (χ3v) is 5.57. The third kappa shape index (κ3) is 3.49. The van der Waals surface area contributed by atoms with Gasteiger partial charge in [0.2, 0.25) is 5.91 Å². The van der Waals surface area contributed by atoms with Crippen LogP contribution in [0.15, 0.2) is 48.5 Å². The molecule has 3 nitrogen and oxygen atoms in total. The number of hydrogen-bond donors (Lipinski definition) is 1. The fourth-order valence-electron chi connectivity index (χ4n) is 3.99. The van der Waals surface area contributed by atoms with E-state index >= 15 is 0 Å². The Kier molecular flexibility index (Phi) is 5.64. The van der Waals surface area contributed by atoms with Crippen molar-refractivity contribution in [2.45, 2.75) is 19.3 Å². The molecule has 1 fully saturated rings. The molecular formula is C21H24ClFN2O. The van der Waals surface area contributed by atoms with Gasteiger partial charge in [0, 0.05) is 26.2 Å². The highest BCUT2D eigenvalue weighted by Gasteiger charge is 2.46. The minimum absolute atomic E-state index is 0. The van der Waals surface area contributed by atoms with E-state index in [9.17, 15) is 9.18 Å². The summed E-state index contributed by atoms with van der Waals surface area (Å²) in [5, 5.41) is 3.22. The Hall–Kier alpha value is -1.91. The Morgan fingerprint density at radius 3 is 2.12 bits per heavy atom. The summed E-state index contributed by atoms with van der Waals surface area (Å²) in [4.78, 5) is 15.3. The topological polar surface area (TPSA) is 32.3 Å². The van der Waals surface area contributed by atoms with E-state index in [1.54, 1.807) is 12.1 Å². The Morgan fingerprint density at radius 1 is 1.00 bits per heavy atom. The highest BCUT2D eigenvalue weighted by molar-refractivity contribution is 5.85. The second kappa shape index (κ2) is 7.77. The van der Waals surface area contributed by atoms with Crippen LogP contribution in [0, 0.1) is 11.2 Å². The average Bonchev–Trinajstić information content (AvgIpc) is 2.82. The smallest absolute Gasteiger partial charge is 0.231 e. The number of amides is 1. The highest BCUT2D eigenvalue weighted by Crippen LogP contribution is 2.32. The quantitative estimate of drug-likeness (QED) is 0.895. The minimum atomic E-state index is -0.501. The van der Waals surface area contributed by atoms with Gasteiger partial charge in [-0.15, -0.1) is 12.4 Å². The molecule has 2 aromatic carbocycles. The Balaban J connectivity index is 0.00000196.